The highest BCUT2D eigenvalue weighted by Crippen LogP contribution is 1.92. The molecule has 0 heteroatoms. The number of hydrogen-bond acceptors (Lipinski definition) is 0. The summed E-state index contributed by atoms with van der Waals surface area (Å²) in [5.41, 5.74) is 1.07. The molecule has 0 nitrogen and oxygen atoms in total. The zero-order valence-electron chi connectivity index (χ0n) is 7.48. The summed E-state index contributed by atoms with van der Waals surface area (Å²) in [6.07, 6.45) is 0. The van der Waals surface area contributed by atoms with Gasteiger partial charge in [0, 0.05) is 0 Å². The Morgan fingerprint density at radius 2 is 1.31 bits per heavy atom. The van der Waals surface area contributed by atoms with Crippen LogP contribution in [0.15, 0.2) is 60.7 Å². The van der Waals surface area contributed by atoms with Crippen molar-refractivity contribution < 1.29 is 0 Å². The summed E-state index contributed by atoms with van der Waals surface area (Å²) in [7, 11) is 0. The summed E-state index contributed by atoms with van der Waals surface area (Å²) in [5, 5.41) is 0. The number of rotatable bonds is 0. The van der Waals surface area contributed by atoms with Crippen LogP contribution >= 0.6 is 0 Å². The van der Waals surface area contributed by atoms with E-state index in [9.17, 15) is 0 Å². The van der Waals surface area contributed by atoms with Crippen LogP contribution in [0.3, 0.4) is 0 Å². The van der Waals surface area contributed by atoms with E-state index in [0.29, 0.717) is 0 Å². The SMILES string of the molecule is [CH2]c1ccccc1.[c]1ccccc1. The van der Waals surface area contributed by atoms with Crippen LogP contribution in [0.4, 0.5) is 0 Å². The number of hydrogen-bond donors (Lipinski definition) is 0. The molecule has 0 aliphatic carbocycles. The van der Waals surface area contributed by atoms with Crippen molar-refractivity contribution >= 4 is 0 Å². The van der Waals surface area contributed by atoms with Crippen molar-refractivity contribution in [2.45, 2.75) is 0 Å². The lowest BCUT2D eigenvalue weighted by atomic mass is 10.2. The molecule has 0 aliphatic rings. The number of benzene rings is 2. The van der Waals surface area contributed by atoms with Gasteiger partial charge in [-0.1, -0.05) is 60.7 Å². The first kappa shape index (κ1) is 9.53. The maximum Gasteiger partial charge on any atom is -0.0184 e. The molecule has 0 aliphatic heterocycles. The molecule has 0 unspecified atom stereocenters. The Morgan fingerprint density at radius 3 is 1.54 bits per heavy atom. The van der Waals surface area contributed by atoms with Crippen molar-refractivity contribution in [3.05, 3.63) is 79.2 Å². The van der Waals surface area contributed by atoms with Gasteiger partial charge in [-0.3, -0.25) is 0 Å². The molecule has 0 atom stereocenters. The van der Waals surface area contributed by atoms with Crippen molar-refractivity contribution in [1.82, 2.24) is 0 Å². The van der Waals surface area contributed by atoms with Crippen molar-refractivity contribution in [2.24, 2.45) is 0 Å². The van der Waals surface area contributed by atoms with Crippen LogP contribution in [-0.2, 0) is 0 Å². The standard InChI is InChI=1S/C7H7.C6H5/c1-7-5-3-2-4-6-7;1-2-4-6-5-3-1/h2-6H,1H2;1-5H. The van der Waals surface area contributed by atoms with Crippen LogP contribution in [-0.4, -0.2) is 0 Å². The average Bonchev–Trinajstić information content (AvgIpc) is 2.22. The maximum atomic E-state index is 3.72. The molecule has 64 valence electrons. The quantitative estimate of drug-likeness (QED) is 0.566. The third-order valence-corrected chi connectivity index (χ3v) is 1.45. The molecule has 0 saturated carbocycles. The van der Waals surface area contributed by atoms with E-state index in [4.69, 9.17) is 0 Å². The molecule has 0 N–H and O–H groups in total. The first-order valence-corrected chi connectivity index (χ1v) is 4.17. The van der Waals surface area contributed by atoms with Crippen molar-refractivity contribution in [1.29, 1.82) is 0 Å². The smallest absolute Gasteiger partial charge is 0.0184 e. The summed E-state index contributed by atoms with van der Waals surface area (Å²) in [5.74, 6) is 0. The second-order valence-electron chi connectivity index (χ2n) is 2.56. The van der Waals surface area contributed by atoms with Gasteiger partial charge in [0.2, 0.25) is 0 Å². The van der Waals surface area contributed by atoms with Gasteiger partial charge in [-0.2, -0.15) is 0 Å². The average molecular weight is 168 g/mol. The summed E-state index contributed by atoms with van der Waals surface area (Å²) < 4.78 is 0. The van der Waals surface area contributed by atoms with Crippen LogP contribution in [0.25, 0.3) is 0 Å². The fourth-order valence-corrected chi connectivity index (χ4v) is 0.820. The lowest BCUT2D eigenvalue weighted by molar-refractivity contribution is 1.62. The molecular weight excluding hydrogens is 156 g/mol. The Morgan fingerprint density at radius 1 is 0.769 bits per heavy atom. The van der Waals surface area contributed by atoms with Crippen molar-refractivity contribution in [3.8, 4) is 0 Å². The molecule has 0 fully saturated rings. The van der Waals surface area contributed by atoms with Gasteiger partial charge in [-0.25, -0.2) is 0 Å². The molecule has 2 aromatic carbocycles. The minimum absolute atomic E-state index is 1.07. The molecule has 2 radical (unpaired) electrons. The molecule has 2 aromatic rings. The van der Waals surface area contributed by atoms with Crippen molar-refractivity contribution in [2.75, 3.05) is 0 Å². The van der Waals surface area contributed by atoms with Gasteiger partial charge in [-0.05, 0) is 18.6 Å². The minimum atomic E-state index is 1.07. The lowest BCUT2D eigenvalue weighted by Crippen LogP contribution is -1.62. The van der Waals surface area contributed by atoms with E-state index in [-0.39, 0.29) is 0 Å². The van der Waals surface area contributed by atoms with Crippen molar-refractivity contribution in [3.63, 3.8) is 0 Å². The van der Waals surface area contributed by atoms with Crippen LogP contribution in [0.1, 0.15) is 5.56 Å². The van der Waals surface area contributed by atoms with Gasteiger partial charge < -0.3 is 0 Å². The first-order valence-electron chi connectivity index (χ1n) is 4.17. The molecule has 2 rings (SSSR count). The molecule has 0 aromatic heterocycles. The summed E-state index contributed by atoms with van der Waals surface area (Å²) in [4.78, 5) is 0. The Kier molecular flexibility index (Phi) is 4.41. The van der Waals surface area contributed by atoms with E-state index >= 15 is 0 Å². The normalized spacial score (nSPS) is 8.38. The van der Waals surface area contributed by atoms with E-state index in [1.807, 2.05) is 60.7 Å². The van der Waals surface area contributed by atoms with E-state index in [2.05, 4.69) is 13.0 Å². The van der Waals surface area contributed by atoms with Crippen LogP contribution in [0.5, 0.6) is 0 Å². The van der Waals surface area contributed by atoms with Crippen LogP contribution in [0.2, 0.25) is 0 Å². The van der Waals surface area contributed by atoms with Gasteiger partial charge in [0.25, 0.3) is 0 Å². The molecular formula is C13H12. The molecule has 0 bridgehead atoms. The molecule has 0 spiro atoms. The Labute approximate surface area is 79.9 Å². The van der Waals surface area contributed by atoms with E-state index in [1.165, 1.54) is 0 Å². The van der Waals surface area contributed by atoms with E-state index in [0.717, 1.165) is 5.56 Å². The highest BCUT2D eigenvalue weighted by Gasteiger charge is 1.72. The topological polar surface area (TPSA) is 0 Å². The largest absolute Gasteiger partial charge is 0.0622 e. The van der Waals surface area contributed by atoms with Gasteiger partial charge in [-0.15, -0.1) is 0 Å². The first-order chi connectivity index (χ1) is 6.39. The van der Waals surface area contributed by atoms with Crippen LogP contribution in [0, 0.1) is 13.0 Å². The monoisotopic (exact) mass is 168 g/mol. The Bertz CT molecular complexity index is 271. The zero-order chi connectivity index (χ0) is 9.36. The predicted molar refractivity (Wildman–Crippen MR) is 56.2 cm³/mol. The summed E-state index contributed by atoms with van der Waals surface area (Å²) >= 11 is 0. The maximum absolute atomic E-state index is 3.72. The minimum Gasteiger partial charge on any atom is -0.0622 e. The molecule has 13 heavy (non-hydrogen) atoms. The third-order valence-electron chi connectivity index (χ3n) is 1.45. The van der Waals surface area contributed by atoms with Gasteiger partial charge >= 0.3 is 0 Å². The van der Waals surface area contributed by atoms with E-state index in [1.54, 1.807) is 0 Å². The highest BCUT2D eigenvalue weighted by molar-refractivity contribution is 5.16. The summed E-state index contributed by atoms with van der Waals surface area (Å²) in [6.45, 7) is 3.72. The highest BCUT2D eigenvalue weighted by atomic mass is 13.8. The summed E-state index contributed by atoms with van der Waals surface area (Å²) in [6, 6.07) is 22.4. The second kappa shape index (κ2) is 6.01. The Balaban J connectivity index is 0.000000132. The van der Waals surface area contributed by atoms with Gasteiger partial charge in [0.15, 0.2) is 0 Å². The molecule has 0 heterocycles. The molecule has 0 amide bonds. The van der Waals surface area contributed by atoms with Crippen LogP contribution < -0.4 is 0 Å². The third kappa shape index (κ3) is 4.81. The second-order valence-corrected chi connectivity index (χ2v) is 2.56. The lowest BCUT2D eigenvalue weighted by Gasteiger charge is -1.82. The van der Waals surface area contributed by atoms with Gasteiger partial charge in [0.05, 0.1) is 0 Å². The Hall–Kier alpha value is -1.56. The van der Waals surface area contributed by atoms with Gasteiger partial charge in [0.1, 0.15) is 0 Å². The zero-order valence-corrected chi connectivity index (χ0v) is 7.48. The molecule has 0 saturated heterocycles. The van der Waals surface area contributed by atoms with E-state index < -0.39 is 0 Å². The fourth-order valence-electron chi connectivity index (χ4n) is 0.820. The predicted octanol–water partition coefficient (Wildman–Crippen LogP) is 3.36. The fraction of sp³-hybridized carbons (Fsp3) is 0.